The monoisotopic (exact) mass is 255 g/mol. The quantitative estimate of drug-likeness (QED) is 0.798. The van der Waals surface area contributed by atoms with Crippen LogP contribution >= 0.6 is 11.3 Å². The van der Waals surface area contributed by atoms with Gasteiger partial charge in [0.05, 0.1) is 25.7 Å². The number of fused-ring (bicyclic) bond motifs is 1. The molecule has 0 spiro atoms. The maximum absolute atomic E-state index is 11.6. The molecule has 17 heavy (non-hydrogen) atoms. The third kappa shape index (κ3) is 1.88. The molecule has 0 fully saturated rings. The van der Waals surface area contributed by atoms with Crippen molar-refractivity contribution in [3.05, 3.63) is 16.0 Å². The second-order valence-electron chi connectivity index (χ2n) is 3.86. The van der Waals surface area contributed by atoms with Gasteiger partial charge in [-0.15, -0.1) is 11.3 Å². The highest BCUT2D eigenvalue weighted by Crippen LogP contribution is 2.40. The highest BCUT2D eigenvalue weighted by molar-refractivity contribution is 7.16. The Kier molecular flexibility index (Phi) is 3.06. The zero-order chi connectivity index (χ0) is 12.6. The minimum Gasteiger partial charge on any atom is -0.469 e. The smallest absolute Gasteiger partial charge is 0.341 e. The summed E-state index contributed by atoms with van der Waals surface area (Å²) in [5, 5.41) is 0.463. The number of hydrogen-bond donors (Lipinski definition) is 1. The summed E-state index contributed by atoms with van der Waals surface area (Å²) in [7, 11) is 2.68. The number of ether oxygens (including phenoxy) is 2. The van der Waals surface area contributed by atoms with E-state index < -0.39 is 5.97 Å². The molecule has 0 radical (unpaired) electrons. The summed E-state index contributed by atoms with van der Waals surface area (Å²) in [5.41, 5.74) is 7.04. The highest BCUT2D eigenvalue weighted by Gasteiger charge is 2.35. The fraction of sp³-hybridized carbons (Fsp3) is 0.455. The summed E-state index contributed by atoms with van der Waals surface area (Å²) >= 11 is 1.35. The molecule has 0 aliphatic heterocycles. The number of rotatable bonds is 2. The molecule has 2 rings (SSSR count). The van der Waals surface area contributed by atoms with Gasteiger partial charge in [0.25, 0.3) is 0 Å². The third-order valence-electron chi connectivity index (χ3n) is 2.92. The molecule has 1 unspecified atom stereocenters. The van der Waals surface area contributed by atoms with E-state index >= 15 is 0 Å². The molecule has 0 aromatic carbocycles. The number of anilines is 1. The normalized spacial score (nSPS) is 17.6. The summed E-state index contributed by atoms with van der Waals surface area (Å²) < 4.78 is 9.40. The van der Waals surface area contributed by atoms with Gasteiger partial charge in [-0.05, 0) is 18.4 Å². The summed E-state index contributed by atoms with van der Waals surface area (Å²) in [4.78, 5) is 24.0. The molecule has 1 heterocycles. The molecular weight excluding hydrogens is 242 g/mol. The lowest BCUT2D eigenvalue weighted by atomic mass is 10.1. The van der Waals surface area contributed by atoms with Gasteiger partial charge < -0.3 is 15.2 Å². The van der Waals surface area contributed by atoms with Gasteiger partial charge in [0.1, 0.15) is 5.00 Å². The van der Waals surface area contributed by atoms with E-state index in [1.54, 1.807) is 0 Å². The lowest BCUT2D eigenvalue weighted by Crippen LogP contribution is -2.17. The second-order valence-corrected chi connectivity index (χ2v) is 5.00. The van der Waals surface area contributed by atoms with Crippen LogP contribution in [0, 0.1) is 5.92 Å². The molecule has 1 aliphatic rings. The summed E-state index contributed by atoms with van der Waals surface area (Å²) in [5.74, 6) is -0.890. The number of thiophene rings is 1. The van der Waals surface area contributed by atoms with E-state index in [0.29, 0.717) is 23.4 Å². The molecule has 92 valence electrons. The van der Waals surface area contributed by atoms with Crippen LogP contribution in [0.4, 0.5) is 5.00 Å². The summed E-state index contributed by atoms with van der Waals surface area (Å²) in [6, 6.07) is 0. The Balaban J connectivity index is 2.31. The van der Waals surface area contributed by atoms with Crippen LogP contribution in [0.25, 0.3) is 0 Å². The molecule has 0 saturated heterocycles. The van der Waals surface area contributed by atoms with Gasteiger partial charge in [0.2, 0.25) is 0 Å². The van der Waals surface area contributed by atoms with Gasteiger partial charge in [-0.1, -0.05) is 0 Å². The van der Waals surface area contributed by atoms with E-state index in [4.69, 9.17) is 15.2 Å². The standard InChI is InChI=1S/C11H13NO4S/c1-15-10(13)5-3-6-7(4-5)17-9(12)8(6)11(14)16-2/h5H,3-4,12H2,1-2H3. The minimum atomic E-state index is -0.439. The van der Waals surface area contributed by atoms with Crippen molar-refractivity contribution in [3.63, 3.8) is 0 Å². The Morgan fingerprint density at radius 3 is 2.59 bits per heavy atom. The van der Waals surface area contributed by atoms with E-state index in [2.05, 4.69) is 0 Å². The van der Waals surface area contributed by atoms with Gasteiger partial charge in [0, 0.05) is 4.88 Å². The first-order valence-corrected chi connectivity index (χ1v) is 5.96. The SMILES string of the molecule is COC(=O)c1c(N)sc2c1CC(C(=O)OC)C2. The lowest BCUT2D eigenvalue weighted by Gasteiger charge is -2.06. The molecule has 6 heteroatoms. The number of methoxy groups -OCH3 is 2. The molecular formula is C11H13NO4S. The van der Waals surface area contributed by atoms with Crippen molar-refractivity contribution in [2.45, 2.75) is 12.8 Å². The number of hydrogen-bond acceptors (Lipinski definition) is 6. The Bertz CT molecular complexity index is 480. The molecule has 1 atom stereocenters. The van der Waals surface area contributed by atoms with Crippen LogP contribution in [0.1, 0.15) is 20.8 Å². The fourth-order valence-electron chi connectivity index (χ4n) is 2.12. The zero-order valence-electron chi connectivity index (χ0n) is 9.61. The predicted octanol–water partition coefficient (Wildman–Crippen LogP) is 1.00. The van der Waals surface area contributed by atoms with Crippen LogP contribution in [-0.2, 0) is 27.1 Å². The van der Waals surface area contributed by atoms with Crippen molar-refractivity contribution in [2.75, 3.05) is 20.0 Å². The van der Waals surface area contributed by atoms with Crippen LogP contribution in [0.2, 0.25) is 0 Å². The number of carbonyl (C=O) groups is 2. The van der Waals surface area contributed by atoms with E-state index in [-0.39, 0.29) is 11.9 Å². The van der Waals surface area contributed by atoms with Crippen molar-refractivity contribution in [1.82, 2.24) is 0 Å². The van der Waals surface area contributed by atoms with E-state index in [1.807, 2.05) is 0 Å². The Labute approximate surface area is 103 Å². The molecule has 1 aliphatic carbocycles. The Morgan fingerprint density at radius 2 is 2.00 bits per heavy atom. The van der Waals surface area contributed by atoms with Gasteiger partial charge in [0.15, 0.2) is 0 Å². The van der Waals surface area contributed by atoms with Crippen LogP contribution in [0.3, 0.4) is 0 Å². The molecule has 5 nitrogen and oxygen atoms in total. The van der Waals surface area contributed by atoms with E-state index in [9.17, 15) is 9.59 Å². The summed E-state index contributed by atoms with van der Waals surface area (Å²) in [6.45, 7) is 0. The van der Waals surface area contributed by atoms with Crippen molar-refractivity contribution >= 4 is 28.3 Å². The molecule has 0 amide bonds. The van der Waals surface area contributed by atoms with Crippen LogP contribution in [-0.4, -0.2) is 26.2 Å². The van der Waals surface area contributed by atoms with Crippen molar-refractivity contribution in [2.24, 2.45) is 5.92 Å². The number of carbonyl (C=O) groups excluding carboxylic acids is 2. The molecule has 0 saturated carbocycles. The first-order chi connectivity index (χ1) is 8.08. The van der Waals surface area contributed by atoms with Crippen LogP contribution in [0.5, 0.6) is 0 Å². The minimum absolute atomic E-state index is 0.203. The van der Waals surface area contributed by atoms with Gasteiger partial charge >= 0.3 is 11.9 Å². The lowest BCUT2D eigenvalue weighted by molar-refractivity contribution is -0.145. The van der Waals surface area contributed by atoms with Gasteiger partial charge in [-0.3, -0.25) is 4.79 Å². The number of nitrogen functional groups attached to an aromatic ring is 1. The maximum atomic E-state index is 11.6. The number of nitrogens with two attached hydrogens (primary N) is 1. The van der Waals surface area contributed by atoms with Crippen molar-refractivity contribution < 1.29 is 19.1 Å². The summed E-state index contributed by atoms with van der Waals surface area (Å²) in [6.07, 6.45) is 1.09. The van der Waals surface area contributed by atoms with Crippen LogP contribution in [0.15, 0.2) is 0 Å². The topological polar surface area (TPSA) is 78.6 Å². The average Bonchev–Trinajstić information content (AvgIpc) is 2.83. The van der Waals surface area contributed by atoms with Gasteiger partial charge in [-0.2, -0.15) is 0 Å². The third-order valence-corrected chi connectivity index (χ3v) is 4.01. The first kappa shape index (κ1) is 11.9. The molecule has 2 N–H and O–H groups in total. The Morgan fingerprint density at radius 1 is 1.29 bits per heavy atom. The maximum Gasteiger partial charge on any atom is 0.341 e. The van der Waals surface area contributed by atoms with Crippen molar-refractivity contribution in [3.8, 4) is 0 Å². The number of esters is 2. The molecule has 1 aromatic heterocycles. The van der Waals surface area contributed by atoms with Crippen LogP contribution < -0.4 is 5.73 Å². The highest BCUT2D eigenvalue weighted by atomic mass is 32.1. The largest absolute Gasteiger partial charge is 0.469 e. The van der Waals surface area contributed by atoms with E-state index in [0.717, 1.165) is 10.4 Å². The fourth-order valence-corrected chi connectivity index (χ4v) is 3.28. The van der Waals surface area contributed by atoms with E-state index in [1.165, 1.54) is 25.6 Å². The van der Waals surface area contributed by atoms with Crippen molar-refractivity contribution in [1.29, 1.82) is 0 Å². The second kappa shape index (κ2) is 4.37. The Hall–Kier alpha value is -1.56. The molecule has 0 bridgehead atoms. The van der Waals surface area contributed by atoms with Gasteiger partial charge in [-0.25, -0.2) is 4.79 Å². The molecule has 1 aromatic rings. The predicted molar refractivity (Wildman–Crippen MR) is 63.0 cm³/mol. The zero-order valence-corrected chi connectivity index (χ0v) is 10.4. The average molecular weight is 255 g/mol. The first-order valence-electron chi connectivity index (χ1n) is 5.14.